The summed E-state index contributed by atoms with van der Waals surface area (Å²) in [6.45, 7) is 3.65. The van der Waals surface area contributed by atoms with Crippen LogP contribution in [0, 0.1) is 11.8 Å². The van der Waals surface area contributed by atoms with Crippen LogP contribution >= 0.6 is 0 Å². The van der Waals surface area contributed by atoms with Crippen LogP contribution in [0.4, 0.5) is 13.2 Å². The Bertz CT molecular complexity index is 399. The SMILES string of the molecule is COCCN(CC(C)C)C(=O)C1CC(=O)N(CC(F)(F)F)C1. The van der Waals surface area contributed by atoms with Crippen molar-refractivity contribution in [3.63, 3.8) is 0 Å². The molecular weight excluding hydrogens is 301 g/mol. The number of hydrogen-bond acceptors (Lipinski definition) is 3. The molecule has 1 rings (SSSR count). The Morgan fingerprint density at radius 3 is 2.59 bits per heavy atom. The largest absolute Gasteiger partial charge is 0.406 e. The Balaban J connectivity index is 2.68. The molecule has 5 nitrogen and oxygen atoms in total. The van der Waals surface area contributed by atoms with Crippen LogP contribution in [0.5, 0.6) is 0 Å². The number of ether oxygens (including phenoxy) is 1. The molecule has 0 aromatic heterocycles. The second-order valence-corrected chi connectivity index (χ2v) is 5.96. The minimum absolute atomic E-state index is 0.156. The zero-order valence-electron chi connectivity index (χ0n) is 13.2. The molecule has 22 heavy (non-hydrogen) atoms. The summed E-state index contributed by atoms with van der Waals surface area (Å²) in [5.41, 5.74) is 0. The highest BCUT2D eigenvalue weighted by Crippen LogP contribution is 2.25. The van der Waals surface area contributed by atoms with Crippen molar-refractivity contribution >= 4 is 11.8 Å². The van der Waals surface area contributed by atoms with E-state index in [1.807, 2.05) is 13.8 Å². The molecule has 1 unspecified atom stereocenters. The van der Waals surface area contributed by atoms with Gasteiger partial charge in [-0.05, 0) is 5.92 Å². The smallest absolute Gasteiger partial charge is 0.383 e. The summed E-state index contributed by atoms with van der Waals surface area (Å²) in [4.78, 5) is 26.4. The van der Waals surface area contributed by atoms with Crippen LogP contribution in [-0.2, 0) is 14.3 Å². The highest BCUT2D eigenvalue weighted by Gasteiger charge is 2.41. The first kappa shape index (κ1) is 18.7. The predicted molar refractivity (Wildman–Crippen MR) is 74.0 cm³/mol. The standard InChI is InChI=1S/C14H23F3N2O3/c1-10(2)7-18(4-5-22-3)13(21)11-6-12(20)19(8-11)9-14(15,16)17/h10-11H,4-9H2,1-3H3. The molecule has 2 amide bonds. The molecule has 1 atom stereocenters. The molecule has 0 spiro atoms. The Labute approximate surface area is 128 Å². The minimum Gasteiger partial charge on any atom is -0.383 e. The molecule has 1 saturated heterocycles. The second-order valence-electron chi connectivity index (χ2n) is 5.96. The number of carbonyl (C=O) groups is 2. The van der Waals surface area contributed by atoms with Crippen LogP contribution in [-0.4, -0.2) is 67.7 Å². The molecule has 0 aromatic rings. The quantitative estimate of drug-likeness (QED) is 0.714. The van der Waals surface area contributed by atoms with Crippen molar-refractivity contribution in [2.45, 2.75) is 26.4 Å². The van der Waals surface area contributed by atoms with Gasteiger partial charge in [-0.1, -0.05) is 13.8 Å². The maximum Gasteiger partial charge on any atom is 0.406 e. The molecule has 0 N–H and O–H groups in total. The van der Waals surface area contributed by atoms with E-state index in [1.165, 1.54) is 7.11 Å². The van der Waals surface area contributed by atoms with E-state index in [4.69, 9.17) is 4.74 Å². The summed E-state index contributed by atoms with van der Waals surface area (Å²) in [6.07, 6.45) is -4.60. The zero-order chi connectivity index (χ0) is 16.9. The minimum atomic E-state index is -4.44. The number of halogens is 3. The number of nitrogens with zero attached hydrogens (tertiary/aromatic N) is 2. The lowest BCUT2D eigenvalue weighted by Crippen LogP contribution is -2.42. The molecule has 1 aliphatic rings. The van der Waals surface area contributed by atoms with Gasteiger partial charge in [-0.3, -0.25) is 9.59 Å². The number of rotatable bonds is 7. The zero-order valence-corrected chi connectivity index (χ0v) is 13.2. The third-order valence-electron chi connectivity index (χ3n) is 3.40. The average molecular weight is 324 g/mol. The fourth-order valence-corrected chi connectivity index (χ4v) is 2.50. The summed E-state index contributed by atoms with van der Waals surface area (Å²) >= 11 is 0. The summed E-state index contributed by atoms with van der Waals surface area (Å²) < 4.78 is 42.2. The molecule has 0 bridgehead atoms. The number of methoxy groups -OCH3 is 1. The van der Waals surface area contributed by atoms with Gasteiger partial charge in [0.1, 0.15) is 6.54 Å². The van der Waals surface area contributed by atoms with Gasteiger partial charge in [-0.2, -0.15) is 13.2 Å². The van der Waals surface area contributed by atoms with Gasteiger partial charge in [0.05, 0.1) is 12.5 Å². The fraction of sp³-hybridized carbons (Fsp3) is 0.857. The van der Waals surface area contributed by atoms with Crippen molar-refractivity contribution in [2.24, 2.45) is 11.8 Å². The van der Waals surface area contributed by atoms with E-state index >= 15 is 0 Å². The van der Waals surface area contributed by atoms with Gasteiger partial charge in [-0.25, -0.2) is 0 Å². The predicted octanol–water partition coefficient (Wildman–Crippen LogP) is 1.53. The first-order valence-electron chi connectivity index (χ1n) is 7.26. The lowest BCUT2D eigenvalue weighted by Gasteiger charge is -2.27. The first-order chi connectivity index (χ1) is 10.1. The Morgan fingerprint density at radius 2 is 2.09 bits per heavy atom. The third-order valence-corrected chi connectivity index (χ3v) is 3.40. The summed E-state index contributed by atoms with van der Waals surface area (Å²) in [5, 5.41) is 0. The Kier molecular flexibility index (Phi) is 6.65. The molecule has 8 heteroatoms. The van der Waals surface area contributed by atoms with Crippen LogP contribution in [0.15, 0.2) is 0 Å². The molecule has 1 fully saturated rings. The summed E-state index contributed by atoms with van der Waals surface area (Å²) in [6, 6.07) is 0. The normalized spacial score (nSPS) is 19.1. The molecule has 128 valence electrons. The van der Waals surface area contributed by atoms with E-state index in [0.29, 0.717) is 24.6 Å². The number of amides is 2. The number of alkyl halides is 3. The highest BCUT2D eigenvalue weighted by molar-refractivity contribution is 5.89. The van der Waals surface area contributed by atoms with Crippen molar-refractivity contribution in [2.75, 3.05) is 39.9 Å². The molecule has 1 aliphatic heterocycles. The van der Waals surface area contributed by atoms with Crippen molar-refractivity contribution in [3.8, 4) is 0 Å². The molecule has 0 radical (unpaired) electrons. The highest BCUT2D eigenvalue weighted by atomic mass is 19.4. The van der Waals surface area contributed by atoms with Crippen LogP contribution < -0.4 is 0 Å². The number of likely N-dealkylation sites (tertiary alicyclic amines) is 1. The van der Waals surface area contributed by atoms with Crippen molar-refractivity contribution in [1.82, 2.24) is 9.80 Å². The molecule has 0 saturated carbocycles. The van der Waals surface area contributed by atoms with Crippen molar-refractivity contribution in [1.29, 1.82) is 0 Å². The topological polar surface area (TPSA) is 49.9 Å². The lowest BCUT2D eigenvalue weighted by atomic mass is 10.1. The van der Waals surface area contributed by atoms with Crippen LogP contribution in [0.25, 0.3) is 0 Å². The maximum atomic E-state index is 12.5. The van der Waals surface area contributed by atoms with Gasteiger partial charge < -0.3 is 14.5 Å². The van der Waals surface area contributed by atoms with E-state index < -0.39 is 24.5 Å². The Hall–Kier alpha value is -1.31. The maximum absolute atomic E-state index is 12.5. The Morgan fingerprint density at radius 1 is 1.45 bits per heavy atom. The third kappa shape index (κ3) is 5.82. The van der Waals surface area contributed by atoms with Gasteiger partial charge in [-0.15, -0.1) is 0 Å². The van der Waals surface area contributed by atoms with Crippen molar-refractivity contribution in [3.05, 3.63) is 0 Å². The lowest BCUT2D eigenvalue weighted by molar-refractivity contribution is -0.157. The van der Waals surface area contributed by atoms with E-state index in [-0.39, 0.29) is 24.8 Å². The van der Waals surface area contributed by atoms with Gasteiger partial charge in [0, 0.05) is 33.2 Å². The number of hydrogen-bond donors (Lipinski definition) is 0. The van der Waals surface area contributed by atoms with Crippen LogP contribution in [0.1, 0.15) is 20.3 Å². The van der Waals surface area contributed by atoms with Crippen molar-refractivity contribution < 1.29 is 27.5 Å². The average Bonchev–Trinajstić information content (AvgIpc) is 2.72. The van der Waals surface area contributed by atoms with Gasteiger partial charge in [0.15, 0.2) is 0 Å². The van der Waals surface area contributed by atoms with E-state index in [0.717, 1.165) is 0 Å². The summed E-state index contributed by atoms with van der Waals surface area (Å²) in [7, 11) is 1.52. The van der Waals surface area contributed by atoms with Crippen LogP contribution in [0.3, 0.4) is 0 Å². The second kappa shape index (κ2) is 7.80. The summed E-state index contributed by atoms with van der Waals surface area (Å²) in [5.74, 6) is -1.37. The van der Waals surface area contributed by atoms with E-state index in [2.05, 4.69) is 0 Å². The van der Waals surface area contributed by atoms with Crippen LogP contribution in [0.2, 0.25) is 0 Å². The fourth-order valence-electron chi connectivity index (χ4n) is 2.50. The monoisotopic (exact) mass is 324 g/mol. The molecule has 1 heterocycles. The molecular formula is C14H23F3N2O3. The van der Waals surface area contributed by atoms with E-state index in [1.54, 1.807) is 4.90 Å². The molecule has 0 aromatic carbocycles. The van der Waals surface area contributed by atoms with Gasteiger partial charge >= 0.3 is 6.18 Å². The molecule has 0 aliphatic carbocycles. The van der Waals surface area contributed by atoms with Gasteiger partial charge in [0.25, 0.3) is 0 Å². The number of carbonyl (C=O) groups excluding carboxylic acids is 2. The van der Waals surface area contributed by atoms with E-state index in [9.17, 15) is 22.8 Å². The first-order valence-corrected chi connectivity index (χ1v) is 7.26. The van der Waals surface area contributed by atoms with Gasteiger partial charge in [0.2, 0.25) is 11.8 Å².